The van der Waals surface area contributed by atoms with Crippen LogP contribution in [0.5, 0.6) is 0 Å². The molecular formula is C38H78. The molecule has 0 radical (unpaired) electrons. The molecule has 230 valence electrons. The van der Waals surface area contributed by atoms with Gasteiger partial charge in [-0.15, -0.1) is 0 Å². The van der Waals surface area contributed by atoms with Crippen LogP contribution >= 0.6 is 0 Å². The lowest BCUT2D eigenvalue weighted by atomic mass is 9.47. The first kappa shape index (κ1) is 38.0. The molecular weight excluding hydrogens is 456 g/mol. The summed E-state index contributed by atoms with van der Waals surface area (Å²) in [5.41, 5.74) is 1.48. The summed E-state index contributed by atoms with van der Waals surface area (Å²) in [4.78, 5) is 0. The van der Waals surface area contributed by atoms with Gasteiger partial charge in [-0.3, -0.25) is 0 Å². The molecule has 0 heteroatoms. The third-order valence-corrected chi connectivity index (χ3v) is 11.3. The van der Waals surface area contributed by atoms with Crippen molar-refractivity contribution in [2.75, 3.05) is 0 Å². The second-order valence-corrected chi connectivity index (χ2v) is 14.4. The molecule has 0 unspecified atom stereocenters. The minimum absolute atomic E-state index is 0.679. The minimum Gasteiger partial charge on any atom is -0.0683 e. The van der Waals surface area contributed by atoms with Crippen LogP contribution in [-0.4, -0.2) is 0 Å². The van der Waals surface area contributed by atoms with Gasteiger partial charge in [0.05, 0.1) is 0 Å². The van der Waals surface area contributed by atoms with Crippen molar-refractivity contribution in [3.8, 4) is 0 Å². The molecule has 6 aliphatic carbocycles. The Bertz CT molecular complexity index is 491. The molecule has 0 aromatic carbocycles. The molecule has 0 aliphatic heterocycles. The van der Waals surface area contributed by atoms with E-state index < -0.39 is 0 Å². The first-order valence-electron chi connectivity index (χ1n) is 18.1. The zero-order valence-electron chi connectivity index (χ0n) is 29.4. The van der Waals surface area contributed by atoms with Crippen LogP contribution in [0.1, 0.15) is 193 Å². The molecule has 6 aliphatic rings. The molecule has 0 aromatic rings. The topological polar surface area (TPSA) is 0 Å². The van der Waals surface area contributed by atoms with Gasteiger partial charge in [-0.2, -0.15) is 0 Å². The van der Waals surface area contributed by atoms with E-state index in [0.717, 1.165) is 46.8 Å². The Labute approximate surface area is 244 Å². The van der Waals surface area contributed by atoms with Crippen molar-refractivity contribution in [2.24, 2.45) is 52.3 Å². The molecule has 0 N–H and O–H groups in total. The van der Waals surface area contributed by atoms with E-state index >= 15 is 0 Å². The van der Waals surface area contributed by atoms with Crippen molar-refractivity contribution in [1.29, 1.82) is 0 Å². The molecule has 38 heavy (non-hydrogen) atoms. The van der Waals surface area contributed by atoms with E-state index in [9.17, 15) is 0 Å². The first-order valence-corrected chi connectivity index (χ1v) is 18.1. The van der Waals surface area contributed by atoms with Gasteiger partial charge in [-0.05, 0) is 104 Å². The molecule has 0 spiro atoms. The third-order valence-electron chi connectivity index (χ3n) is 11.3. The predicted octanol–water partition coefficient (Wildman–Crippen LogP) is 13.8. The van der Waals surface area contributed by atoms with E-state index in [1.807, 2.05) is 41.5 Å². The second-order valence-electron chi connectivity index (χ2n) is 14.4. The minimum atomic E-state index is 0.679. The maximum Gasteiger partial charge on any atom is -0.0267 e. The first-order chi connectivity index (χ1) is 18.1. The van der Waals surface area contributed by atoms with Gasteiger partial charge < -0.3 is 0 Å². The van der Waals surface area contributed by atoms with Gasteiger partial charge in [0.1, 0.15) is 0 Å². The summed E-state index contributed by atoms with van der Waals surface area (Å²) in [7, 11) is 0. The molecule has 0 saturated heterocycles. The maximum absolute atomic E-state index is 2.47. The summed E-state index contributed by atoms with van der Waals surface area (Å²) in [5.74, 6) is 7.22. The Hall–Kier alpha value is 0. The van der Waals surface area contributed by atoms with E-state index in [1.165, 1.54) is 64.2 Å². The lowest BCUT2D eigenvalue weighted by Crippen LogP contribution is -2.48. The molecule has 0 aromatic heterocycles. The summed E-state index contributed by atoms with van der Waals surface area (Å²) in [5, 5.41) is 0. The van der Waals surface area contributed by atoms with Crippen LogP contribution < -0.4 is 0 Å². The molecule has 0 atom stereocenters. The van der Waals surface area contributed by atoms with E-state index in [1.54, 1.807) is 38.5 Å². The average Bonchev–Trinajstić information content (AvgIpc) is 2.93. The van der Waals surface area contributed by atoms with Crippen molar-refractivity contribution in [3.63, 3.8) is 0 Å². The van der Waals surface area contributed by atoms with Crippen molar-refractivity contribution >= 4 is 0 Å². The lowest BCUT2D eigenvalue weighted by molar-refractivity contribution is -0.0789. The number of hydrogen-bond donors (Lipinski definition) is 0. The van der Waals surface area contributed by atoms with E-state index in [0.29, 0.717) is 5.41 Å². The highest BCUT2D eigenvalue weighted by Gasteiger charge is 2.51. The fourth-order valence-electron chi connectivity index (χ4n) is 8.62. The molecule has 0 nitrogen and oxygen atoms in total. The van der Waals surface area contributed by atoms with Crippen LogP contribution in [0.25, 0.3) is 0 Å². The summed E-state index contributed by atoms with van der Waals surface area (Å²) >= 11 is 0. The predicted molar refractivity (Wildman–Crippen MR) is 177 cm³/mol. The zero-order valence-corrected chi connectivity index (χ0v) is 29.4. The Kier molecular flexibility index (Phi) is 20.0. The molecule has 0 heterocycles. The van der Waals surface area contributed by atoms with Crippen molar-refractivity contribution in [3.05, 3.63) is 0 Å². The SMILES string of the molecule is CC.CC.CC.CC(C)C1(C)CCCCC1.CC(C)C12CC3CC(CC(C3)C1)C2.CC(C)C1CCCCC1. The Morgan fingerprint density at radius 3 is 1.13 bits per heavy atom. The standard InChI is InChI=1S/C13H22.C10H20.C9H18.3C2H6/c1-9(2)13-6-10-3-11(7-13)5-12(4-10)8-13;1-9(2)10(3)7-5-4-6-8-10;1-8(2)9-6-4-3-5-7-9;3*1-2/h9-12H,3-8H2,1-2H3;9H,4-8H2,1-3H3;8-9H,3-7H2,1-2H3;3*1-2H3. The monoisotopic (exact) mass is 535 g/mol. The van der Waals surface area contributed by atoms with Crippen LogP contribution in [0.3, 0.4) is 0 Å². The molecule has 6 saturated carbocycles. The van der Waals surface area contributed by atoms with Gasteiger partial charge in [0.25, 0.3) is 0 Å². The van der Waals surface area contributed by atoms with Gasteiger partial charge in [-0.1, -0.05) is 141 Å². The fourth-order valence-corrected chi connectivity index (χ4v) is 8.62. The normalized spacial score (nSPS) is 30.8. The number of hydrogen-bond acceptors (Lipinski definition) is 0. The lowest BCUT2D eigenvalue weighted by Gasteiger charge is -2.58. The highest BCUT2D eigenvalue weighted by molar-refractivity contribution is 5.02. The van der Waals surface area contributed by atoms with Gasteiger partial charge in [-0.25, -0.2) is 0 Å². The quantitative estimate of drug-likeness (QED) is 0.337. The van der Waals surface area contributed by atoms with Crippen LogP contribution in [0.15, 0.2) is 0 Å². The van der Waals surface area contributed by atoms with Gasteiger partial charge in [0, 0.05) is 0 Å². The largest absolute Gasteiger partial charge is 0.0683 e. The Balaban J connectivity index is 0.000000500. The molecule has 0 amide bonds. The molecule has 6 fully saturated rings. The van der Waals surface area contributed by atoms with Crippen molar-refractivity contribution in [1.82, 2.24) is 0 Å². The zero-order chi connectivity index (χ0) is 29.4. The highest BCUT2D eigenvalue weighted by Crippen LogP contribution is 2.62. The summed E-state index contributed by atoms with van der Waals surface area (Å²) in [6.45, 7) is 28.8. The summed E-state index contributed by atoms with van der Waals surface area (Å²) in [6.07, 6.45) is 24.3. The molecule has 4 bridgehead atoms. The van der Waals surface area contributed by atoms with Gasteiger partial charge in [0.15, 0.2) is 0 Å². The van der Waals surface area contributed by atoms with Crippen molar-refractivity contribution < 1.29 is 0 Å². The maximum atomic E-state index is 2.47. The van der Waals surface area contributed by atoms with Crippen molar-refractivity contribution in [2.45, 2.75) is 193 Å². The van der Waals surface area contributed by atoms with Crippen LogP contribution in [0, 0.1) is 52.3 Å². The third kappa shape index (κ3) is 11.9. The highest BCUT2D eigenvalue weighted by atomic mass is 14.6. The van der Waals surface area contributed by atoms with Gasteiger partial charge in [0.2, 0.25) is 0 Å². The smallest absolute Gasteiger partial charge is 0.0267 e. The summed E-state index contributed by atoms with van der Waals surface area (Å²) < 4.78 is 0. The van der Waals surface area contributed by atoms with Gasteiger partial charge >= 0.3 is 0 Å². The van der Waals surface area contributed by atoms with E-state index in [2.05, 4.69) is 48.5 Å². The van der Waals surface area contributed by atoms with E-state index in [4.69, 9.17) is 0 Å². The summed E-state index contributed by atoms with van der Waals surface area (Å²) in [6, 6.07) is 0. The Morgan fingerprint density at radius 2 is 0.868 bits per heavy atom. The van der Waals surface area contributed by atoms with E-state index in [-0.39, 0.29) is 0 Å². The van der Waals surface area contributed by atoms with Crippen LogP contribution in [0.2, 0.25) is 0 Å². The fraction of sp³-hybridized carbons (Fsp3) is 1.00. The Morgan fingerprint density at radius 1 is 0.500 bits per heavy atom. The average molecular weight is 535 g/mol. The second kappa shape index (κ2) is 20.0. The number of rotatable bonds is 3. The van der Waals surface area contributed by atoms with Crippen LogP contribution in [0.4, 0.5) is 0 Å². The molecule has 6 rings (SSSR count). The van der Waals surface area contributed by atoms with Crippen LogP contribution in [-0.2, 0) is 0 Å².